The van der Waals surface area contributed by atoms with Gasteiger partial charge in [0.1, 0.15) is 0 Å². The van der Waals surface area contributed by atoms with Crippen LogP contribution in [0.15, 0.2) is 0 Å². The van der Waals surface area contributed by atoms with E-state index in [1.165, 1.54) is 38.9 Å². The third-order valence-electron chi connectivity index (χ3n) is 4.20. The maximum Gasteiger partial charge on any atom is 0.0775 e. The highest BCUT2D eigenvalue weighted by Crippen LogP contribution is 2.30. The quantitative estimate of drug-likeness (QED) is 0.650. The van der Waals surface area contributed by atoms with Gasteiger partial charge in [-0.2, -0.15) is 0 Å². The van der Waals surface area contributed by atoms with Crippen LogP contribution >= 0.6 is 0 Å². The number of nitrogens with one attached hydrogen (secondary N) is 1. The molecule has 1 rings (SSSR count). The fourth-order valence-electron chi connectivity index (χ4n) is 2.57. The molecule has 1 saturated carbocycles. The van der Waals surface area contributed by atoms with Gasteiger partial charge in [-0.05, 0) is 65.6 Å². The fraction of sp³-hybridized carbons (Fsp3) is 1.00. The summed E-state index contributed by atoms with van der Waals surface area (Å²) in [6.45, 7) is 10.3. The molecule has 3 nitrogen and oxygen atoms in total. The minimum atomic E-state index is -0.0911. The Morgan fingerprint density at radius 2 is 2.00 bits per heavy atom. The molecule has 0 amide bonds. The Balaban J connectivity index is 2.37. The van der Waals surface area contributed by atoms with Crippen LogP contribution in [0.1, 0.15) is 46.5 Å². The summed E-state index contributed by atoms with van der Waals surface area (Å²) in [5.41, 5.74) is -0.0911. The van der Waals surface area contributed by atoms with E-state index < -0.39 is 0 Å². The predicted octanol–water partition coefficient (Wildman–Crippen LogP) is 2.51. The van der Waals surface area contributed by atoms with Gasteiger partial charge in [-0.3, -0.25) is 0 Å². The van der Waals surface area contributed by atoms with Crippen LogP contribution in [0.2, 0.25) is 0 Å². The molecule has 1 atom stereocenters. The molecule has 0 aliphatic heterocycles. The second kappa shape index (κ2) is 7.46. The van der Waals surface area contributed by atoms with Crippen LogP contribution in [0, 0.1) is 5.92 Å². The first-order valence-electron chi connectivity index (χ1n) is 7.48. The second-order valence-electron chi connectivity index (χ2n) is 6.18. The van der Waals surface area contributed by atoms with Gasteiger partial charge >= 0.3 is 0 Å². The van der Waals surface area contributed by atoms with Gasteiger partial charge in [-0.1, -0.05) is 6.92 Å². The minimum Gasteiger partial charge on any atom is -0.377 e. The van der Waals surface area contributed by atoms with E-state index in [1.54, 1.807) is 7.11 Å². The molecule has 0 heterocycles. The fourth-order valence-corrected chi connectivity index (χ4v) is 2.57. The van der Waals surface area contributed by atoms with Crippen molar-refractivity contribution in [2.45, 2.75) is 58.1 Å². The predicted molar refractivity (Wildman–Crippen MR) is 78.0 cm³/mol. The van der Waals surface area contributed by atoms with Crippen molar-refractivity contribution >= 4 is 0 Å². The molecule has 3 heteroatoms. The maximum absolute atomic E-state index is 5.60. The number of ether oxygens (including phenoxy) is 1. The first-order chi connectivity index (χ1) is 8.53. The van der Waals surface area contributed by atoms with E-state index in [-0.39, 0.29) is 5.60 Å². The Bertz CT molecular complexity index is 227. The van der Waals surface area contributed by atoms with E-state index >= 15 is 0 Å². The summed E-state index contributed by atoms with van der Waals surface area (Å²) in [4.78, 5) is 2.63. The molecule has 0 saturated heterocycles. The summed E-state index contributed by atoms with van der Waals surface area (Å²) in [6, 6.07) is 0.418. The lowest BCUT2D eigenvalue weighted by Gasteiger charge is -2.34. The number of hydrogen-bond donors (Lipinski definition) is 1. The zero-order valence-corrected chi connectivity index (χ0v) is 13.0. The molecular weight excluding hydrogens is 224 g/mol. The Morgan fingerprint density at radius 1 is 1.33 bits per heavy atom. The van der Waals surface area contributed by atoms with E-state index in [0.717, 1.165) is 12.3 Å². The summed E-state index contributed by atoms with van der Waals surface area (Å²) in [5, 5.41) is 3.41. The van der Waals surface area contributed by atoms with Gasteiger partial charge in [0.05, 0.1) is 5.60 Å². The maximum atomic E-state index is 5.60. The zero-order chi connectivity index (χ0) is 13.6. The third-order valence-corrected chi connectivity index (χ3v) is 4.20. The highest BCUT2D eigenvalue weighted by atomic mass is 16.5. The number of nitrogens with zero attached hydrogens (tertiary/aromatic N) is 1. The molecule has 1 aliphatic rings. The van der Waals surface area contributed by atoms with Crippen molar-refractivity contribution in [2.24, 2.45) is 5.92 Å². The van der Waals surface area contributed by atoms with Crippen molar-refractivity contribution in [3.8, 4) is 0 Å². The van der Waals surface area contributed by atoms with E-state index in [1.807, 2.05) is 7.05 Å². The van der Waals surface area contributed by atoms with Gasteiger partial charge in [0.25, 0.3) is 0 Å². The summed E-state index contributed by atoms with van der Waals surface area (Å²) >= 11 is 0. The second-order valence-corrected chi connectivity index (χ2v) is 6.18. The SMILES string of the molecule is CCCN(CCC(NC)C(C)(C)OC)CC1CC1. The van der Waals surface area contributed by atoms with Crippen LogP contribution in [0.25, 0.3) is 0 Å². The van der Waals surface area contributed by atoms with Crippen molar-refractivity contribution < 1.29 is 4.74 Å². The molecule has 0 radical (unpaired) electrons. The van der Waals surface area contributed by atoms with E-state index in [4.69, 9.17) is 4.74 Å². The average molecular weight is 256 g/mol. The van der Waals surface area contributed by atoms with Gasteiger partial charge in [0.2, 0.25) is 0 Å². The summed E-state index contributed by atoms with van der Waals surface area (Å²) in [6.07, 6.45) is 5.30. The number of rotatable bonds is 10. The van der Waals surface area contributed by atoms with Crippen LogP contribution in [-0.4, -0.2) is 50.3 Å². The van der Waals surface area contributed by atoms with Gasteiger partial charge in [-0.25, -0.2) is 0 Å². The largest absolute Gasteiger partial charge is 0.377 e. The topological polar surface area (TPSA) is 24.5 Å². The molecule has 0 spiro atoms. The molecule has 18 heavy (non-hydrogen) atoms. The van der Waals surface area contributed by atoms with Gasteiger partial charge in [0, 0.05) is 19.7 Å². The lowest BCUT2D eigenvalue weighted by atomic mass is 9.95. The monoisotopic (exact) mass is 256 g/mol. The number of methoxy groups -OCH3 is 1. The molecule has 0 aromatic heterocycles. The first kappa shape index (κ1) is 15.9. The Morgan fingerprint density at radius 3 is 2.44 bits per heavy atom. The molecular formula is C15H32N2O. The van der Waals surface area contributed by atoms with Crippen molar-refractivity contribution in [2.75, 3.05) is 33.8 Å². The standard InChI is InChI=1S/C15H32N2O/c1-6-10-17(12-13-7-8-13)11-9-14(16-4)15(2,3)18-5/h13-14,16H,6-12H2,1-5H3. The summed E-state index contributed by atoms with van der Waals surface area (Å²) in [5.74, 6) is 0.986. The van der Waals surface area contributed by atoms with Crippen LogP contribution in [0.4, 0.5) is 0 Å². The smallest absolute Gasteiger partial charge is 0.0775 e. The summed E-state index contributed by atoms with van der Waals surface area (Å²) < 4.78 is 5.60. The lowest BCUT2D eigenvalue weighted by molar-refractivity contribution is -0.0128. The molecule has 1 aliphatic carbocycles. The molecule has 0 aromatic rings. The molecule has 0 bridgehead atoms. The van der Waals surface area contributed by atoms with Crippen LogP contribution in [0.5, 0.6) is 0 Å². The number of hydrogen-bond acceptors (Lipinski definition) is 3. The Hall–Kier alpha value is -0.120. The van der Waals surface area contributed by atoms with Crippen molar-refractivity contribution in [1.29, 1.82) is 0 Å². The highest BCUT2D eigenvalue weighted by molar-refractivity contribution is 4.86. The molecule has 1 fully saturated rings. The normalized spacial score (nSPS) is 18.3. The Kier molecular flexibility index (Phi) is 6.61. The van der Waals surface area contributed by atoms with Crippen LogP contribution in [-0.2, 0) is 4.74 Å². The Labute approximate surface area is 113 Å². The molecule has 0 aromatic carbocycles. The van der Waals surface area contributed by atoms with Crippen molar-refractivity contribution in [3.63, 3.8) is 0 Å². The summed E-state index contributed by atoms with van der Waals surface area (Å²) in [7, 11) is 3.84. The molecule has 1 unspecified atom stereocenters. The van der Waals surface area contributed by atoms with Crippen LogP contribution in [0.3, 0.4) is 0 Å². The average Bonchev–Trinajstić information content (AvgIpc) is 3.13. The van der Waals surface area contributed by atoms with E-state index in [0.29, 0.717) is 6.04 Å². The highest BCUT2D eigenvalue weighted by Gasteiger charge is 2.29. The van der Waals surface area contributed by atoms with Gasteiger partial charge < -0.3 is 15.0 Å². The van der Waals surface area contributed by atoms with Gasteiger partial charge in [-0.15, -0.1) is 0 Å². The van der Waals surface area contributed by atoms with Crippen molar-refractivity contribution in [1.82, 2.24) is 10.2 Å². The van der Waals surface area contributed by atoms with Crippen LogP contribution < -0.4 is 5.32 Å². The van der Waals surface area contributed by atoms with E-state index in [9.17, 15) is 0 Å². The first-order valence-corrected chi connectivity index (χ1v) is 7.48. The van der Waals surface area contributed by atoms with Crippen molar-refractivity contribution in [3.05, 3.63) is 0 Å². The van der Waals surface area contributed by atoms with E-state index in [2.05, 4.69) is 31.0 Å². The number of likely N-dealkylation sites (N-methyl/N-ethyl adjacent to an activating group) is 1. The molecule has 108 valence electrons. The lowest BCUT2D eigenvalue weighted by Crippen LogP contribution is -2.48. The third kappa shape index (κ3) is 5.25. The molecule has 1 N–H and O–H groups in total. The minimum absolute atomic E-state index is 0.0911. The van der Waals surface area contributed by atoms with Gasteiger partial charge in [0.15, 0.2) is 0 Å². The zero-order valence-electron chi connectivity index (χ0n) is 13.0.